The third-order valence-corrected chi connectivity index (χ3v) is 18.7. The molecular weight excluding hydrogens is 881 g/mol. The smallest absolute Gasteiger partial charge is 0.187 e. The van der Waals surface area contributed by atoms with Gasteiger partial charge >= 0.3 is 0 Å². The van der Waals surface area contributed by atoms with Gasteiger partial charge in [0.25, 0.3) is 0 Å². The first kappa shape index (κ1) is 53.8. The molecule has 19 heteroatoms. The van der Waals surface area contributed by atoms with E-state index in [4.69, 9.17) is 28.4 Å². The van der Waals surface area contributed by atoms with Crippen LogP contribution in [-0.4, -0.2) is 202 Å². The van der Waals surface area contributed by atoms with E-state index < -0.39 is 152 Å². The Morgan fingerprint density at radius 2 is 1.15 bits per heavy atom. The van der Waals surface area contributed by atoms with Gasteiger partial charge in [-0.05, 0) is 117 Å². The summed E-state index contributed by atoms with van der Waals surface area (Å²) in [5.41, 5.74) is -1.90. The third kappa shape index (κ3) is 9.13. The molecule has 3 aliphatic heterocycles. The van der Waals surface area contributed by atoms with E-state index in [0.717, 1.165) is 24.8 Å². The van der Waals surface area contributed by atoms with Crippen molar-refractivity contribution >= 4 is 0 Å². The van der Waals surface area contributed by atoms with Crippen LogP contribution < -0.4 is 0 Å². The highest BCUT2D eigenvalue weighted by Crippen LogP contribution is 2.76. The van der Waals surface area contributed by atoms with Gasteiger partial charge in [-0.3, -0.25) is 0 Å². The van der Waals surface area contributed by atoms with Crippen LogP contribution in [0.3, 0.4) is 0 Å². The topological polar surface area (TPSA) is 318 Å². The number of aliphatic hydroxyl groups is 13. The average molecular weight is 963 g/mol. The van der Waals surface area contributed by atoms with E-state index >= 15 is 0 Å². The fourth-order valence-corrected chi connectivity index (χ4v) is 14.9. The zero-order valence-corrected chi connectivity index (χ0v) is 40.3. The number of aliphatic hydroxyl groups excluding tert-OH is 13. The van der Waals surface area contributed by atoms with Gasteiger partial charge in [0, 0.05) is 0 Å². The van der Waals surface area contributed by atoms with Gasteiger partial charge in [-0.1, -0.05) is 46.3 Å². The SMILES string of the molecule is CC(C)=CCC[C@](C)(O[C@@H]1O[C@H](CO[C@@H]2O[C@H](CO)[C@@H](O)[C@H](O)[C@H]2O)[C@@H](O)[C@H](O)[C@H]1O)[C@H]1CC[C@]2(C)[C@@H]1[C@H](O)C[C@@H]1[C@@]3(C)C[C@@H](O)[C@H](O[C@@H]4O[C@H](CO)[C@@H](O)[C@H](O)[C@H]4O)C(C)(C)[C@@H]3CC[C@]12C. The average Bonchev–Trinajstić information content (AvgIpc) is 3.65. The summed E-state index contributed by atoms with van der Waals surface area (Å²) in [4.78, 5) is 0. The molecule has 388 valence electrons. The van der Waals surface area contributed by atoms with Gasteiger partial charge in [-0.15, -0.1) is 0 Å². The van der Waals surface area contributed by atoms with E-state index in [2.05, 4.69) is 26.8 Å². The molecule has 13 N–H and O–H groups in total. The Kier molecular flexibility index (Phi) is 15.9. The van der Waals surface area contributed by atoms with Gasteiger partial charge in [0.15, 0.2) is 18.9 Å². The predicted octanol–water partition coefficient (Wildman–Crippen LogP) is -1.06. The summed E-state index contributed by atoms with van der Waals surface area (Å²) >= 11 is 0. The zero-order valence-electron chi connectivity index (χ0n) is 40.3. The van der Waals surface area contributed by atoms with Gasteiger partial charge < -0.3 is 94.8 Å². The number of rotatable bonds is 13. The van der Waals surface area contributed by atoms with Crippen LogP contribution in [0.1, 0.15) is 107 Å². The first-order chi connectivity index (χ1) is 31.2. The van der Waals surface area contributed by atoms with Crippen LogP contribution in [0.2, 0.25) is 0 Å². The molecule has 0 radical (unpaired) electrons. The monoisotopic (exact) mass is 963 g/mol. The van der Waals surface area contributed by atoms with Crippen molar-refractivity contribution in [3.63, 3.8) is 0 Å². The highest BCUT2D eigenvalue weighted by Gasteiger charge is 2.73. The molecule has 4 saturated carbocycles. The van der Waals surface area contributed by atoms with Crippen LogP contribution in [0.25, 0.3) is 0 Å². The maximum Gasteiger partial charge on any atom is 0.187 e. The molecule has 3 saturated heterocycles. The van der Waals surface area contributed by atoms with Crippen molar-refractivity contribution in [3.8, 4) is 0 Å². The number of allylic oxidation sites excluding steroid dienone is 2. The summed E-state index contributed by atoms with van der Waals surface area (Å²) in [6.07, 6.45) is -18.9. The minimum absolute atomic E-state index is 0.0112. The Balaban J connectivity index is 1.12. The molecule has 4 aliphatic carbocycles. The first-order valence-corrected chi connectivity index (χ1v) is 24.5. The maximum atomic E-state index is 12.7. The summed E-state index contributed by atoms with van der Waals surface area (Å²) in [6.45, 7) is 15.0. The van der Waals surface area contributed by atoms with E-state index in [0.29, 0.717) is 32.1 Å². The largest absolute Gasteiger partial charge is 0.394 e. The Morgan fingerprint density at radius 3 is 1.73 bits per heavy atom. The third-order valence-electron chi connectivity index (χ3n) is 18.7. The molecule has 0 bridgehead atoms. The lowest BCUT2D eigenvalue weighted by Crippen LogP contribution is -2.69. The summed E-state index contributed by atoms with van der Waals surface area (Å²) in [6, 6.07) is 0. The molecule has 26 atom stereocenters. The van der Waals surface area contributed by atoms with Crippen molar-refractivity contribution in [1.29, 1.82) is 0 Å². The van der Waals surface area contributed by atoms with Crippen LogP contribution in [0.15, 0.2) is 11.6 Å². The standard InChI is InChI=1S/C48H82O19/c1-21(2)10-9-13-48(8,67-43-39(61)36(58)33(55)27(65-43)20-62-41-37(59)34(56)31(53)25(18-49)63-41)22-11-14-47(7)30(22)23(51)16-29-45(5)17-24(52)40(44(3,4)28(45)12-15-46(29,47)6)66-42-38(60)35(57)32(54)26(19-50)64-42/h10,22-43,49-61H,9,11-20H2,1-8H3/t22-,23+,24+,25+,26+,27+,28-,29+,30-,31+,32+,33+,34-,35-,36-,37+,38+,39+,40-,41+,42-,43-,45-,46+,47+,48-/m0/s1. The lowest BCUT2D eigenvalue weighted by Gasteiger charge is -2.71. The minimum Gasteiger partial charge on any atom is -0.394 e. The molecule has 7 aliphatic rings. The second-order valence-corrected chi connectivity index (χ2v) is 23.1. The molecule has 67 heavy (non-hydrogen) atoms. The number of ether oxygens (including phenoxy) is 6. The molecule has 0 aromatic rings. The molecule has 7 rings (SSSR count). The van der Waals surface area contributed by atoms with Crippen LogP contribution in [-0.2, 0) is 28.4 Å². The molecule has 0 aromatic heterocycles. The van der Waals surface area contributed by atoms with Crippen molar-refractivity contribution in [2.24, 2.45) is 45.3 Å². The summed E-state index contributed by atoms with van der Waals surface area (Å²) < 4.78 is 36.4. The normalized spacial score (nSPS) is 52.9. The Labute approximate surface area is 393 Å². The van der Waals surface area contributed by atoms with Crippen LogP contribution in [0.4, 0.5) is 0 Å². The van der Waals surface area contributed by atoms with E-state index in [9.17, 15) is 66.4 Å². The Morgan fingerprint density at radius 1 is 0.627 bits per heavy atom. The van der Waals surface area contributed by atoms with Crippen molar-refractivity contribution in [2.75, 3.05) is 19.8 Å². The highest BCUT2D eigenvalue weighted by atomic mass is 16.7. The van der Waals surface area contributed by atoms with E-state index in [1.165, 1.54) is 0 Å². The zero-order chi connectivity index (χ0) is 49.5. The number of fused-ring (bicyclic) bond motifs is 5. The Hall–Kier alpha value is -1.02. The lowest BCUT2D eigenvalue weighted by molar-refractivity contribution is -0.351. The van der Waals surface area contributed by atoms with Crippen molar-refractivity contribution < 1.29 is 94.8 Å². The second kappa shape index (κ2) is 19.8. The van der Waals surface area contributed by atoms with E-state index in [-0.39, 0.29) is 29.1 Å². The highest BCUT2D eigenvalue weighted by molar-refractivity contribution is 5.21. The summed E-state index contributed by atoms with van der Waals surface area (Å²) in [5.74, 6) is -0.605. The second-order valence-electron chi connectivity index (χ2n) is 23.1. The first-order valence-electron chi connectivity index (χ1n) is 24.5. The quantitative estimate of drug-likeness (QED) is 0.0773. The van der Waals surface area contributed by atoms with E-state index in [1.54, 1.807) is 0 Å². The Bertz CT molecular complexity index is 1710. The van der Waals surface area contributed by atoms with Crippen LogP contribution >= 0.6 is 0 Å². The van der Waals surface area contributed by atoms with Crippen molar-refractivity contribution in [3.05, 3.63) is 11.6 Å². The van der Waals surface area contributed by atoms with Gasteiger partial charge in [0.05, 0.1) is 43.7 Å². The molecular formula is C48H82O19. The van der Waals surface area contributed by atoms with Crippen LogP contribution in [0, 0.1) is 45.3 Å². The van der Waals surface area contributed by atoms with Gasteiger partial charge in [0.1, 0.15) is 73.2 Å². The maximum absolute atomic E-state index is 12.7. The van der Waals surface area contributed by atoms with Gasteiger partial charge in [-0.25, -0.2) is 0 Å². The van der Waals surface area contributed by atoms with Crippen LogP contribution in [0.5, 0.6) is 0 Å². The number of hydrogen-bond acceptors (Lipinski definition) is 19. The fraction of sp³-hybridized carbons (Fsp3) is 0.958. The minimum atomic E-state index is -1.74. The predicted molar refractivity (Wildman–Crippen MR) is 235 cm³/mol. The van der Waals surface area contributed by atoms with Crippen molar-refractivity contribution in [2.45, 2.75) is 223 Å². The van der Waals surface area contributed by atoms with Crippen molar-refractivity contribution in [1.82, 2.24) is 0 Å². The summed E-state index contributed by atoms with van der Waals surface area (Å²) in [5, 5.41) is 141. The molecule has 19 nitrogen and oxygen atoms in total. The lowest BCUT2D eigenvalue weighted by atomic mass is 9.35. The van der Waals surface area contributed by atoms with Gasteiger partial charge in [0.2, 0.25) is 0 Å². The number of hydrogen-bond donors (Lipinski definition) is 13. The fourth-order valence-electron chi connectivity index (χ4n) is 14.9. The van der Waals surface area contributed by atoms with Gasteiger partial charge in [-0.2, -0.15) is 0 Å². The van der Waals surface area contributed by atoms with E-state index in [1.807, 2.05) is 34.6 Å². The molecule has 0 amide bonds. The molecule has 0 unspecified atom stereocenters. The molecule has 0 aromatic carbocycles. The molecule has 7 fully saturated rings. The molecule has 0 spiro atoms. The molecule has 3 heterocycles. The summed E-state index contributed by atoms with van der Waals surface area (Å²) in [7, 11) is 0.